The number of halogens is 1. The van der Waals surface area contributed by atoms with E-state index in [0.29, 0.717) is 25.8 Å². The molecular weight excluding hydrogens is 313 g/mol. The molecule has 0 atom stereocenters. The monoisotopic (exact) mass is 321 g/mol. The third-order valence-electron chi connectivity index (χ3n) is 2.79. The molecule has 106 valence electrons. The molecule has 0 aliphatic carbocycles. The standard InChI is InChI=1S/C13H8FN3O2S2/c1-6-9-11(20-8-3-2-7(14)4-15-8)16-5-17-12(9)21-10(6)13(18)19/h2-5H,1H3,(H,18,19). The Kier molecular flexibility index (Phi) is 3.56. The quantitative estimate of drug-likeness (QED) is 0.745. The Balaban J connectivity index is 2.10. The van der Waals surface area contributed by atoms with Gasteiger partial charge in [0.2, 0.25) is 0 Å². The number of aromatic carboxylic acids is 1. The Hall–Kier alpha value is -2.06. The maximum absolute atomic E-state index is 12.9. The molecule has 0 aliphatic rings. The first-order chi connectivity index (χ1) is 10.1. The lowest BCUT2D eigenvalue weighted by molar-refractivity contribution is 0.0701. The van der Waals surface area contributed by atoms with Crippen LogP contribution in [-0.2, 0) is 0 Å². The zero-order valence-corrected chi connectivity index (χ0v) is 12.3. The molecule has 3 rings (SSSR count). The number of carbonyl (C=O) groups is 1. The number of thiophene rings is 1. The summed E-state index contributed by atoms with van der Waals surface area (Å²) in [5.41, 5.74) is 0.632. The number of carboxylic acids is 1. The van der Waals surface area contributed by atoms with Crippen molar-refractivity contribution in [3.63, 3.8) is 0 Å². The number of fused-ring (bicyclic) bond motifs is 1. The lowest BCUT2D eigenvalue weighted by Crippen LogP contribution is -1.94. The number of aromatic nitrogens is 3. The van der Waals surface area contributed by atoms with Gasteiger partial charge in [-0.3, -0.25) is 0 Å². The van der Waals surface area contributed by atoms with Crippen molar-refractivity contribution in [3.8, 4) is 0 Å². The molecule has 0 aliphatic heterocycles. The van der Waals surface area contributed by atoms with Crippen LogP contribution in [0.15, 0.2) is 34.7 Å². The molecule has 0 amide bonds. The fraction of sp³-hybridized carbons (Fsp3) is 0.0769. The molecule has 0 spiro atoms. The molecule has 0 bridgehead atoms. The predicted molar refractivity (Wildman–Crippen MR) is 77.4 cm³/mol. The van der Waals surface area contributed by atoms with E-state index in [4.69, 9.17) is 0 Å². The van der Waals surface area contributed by atoms with Gasteiger partial charge < -0.3 is 5.11 Å². The summed E-state index contributed by atoms with van der Waals surface area (Å²) in [4.78, 5) is 24.3. The average Bonchev–Trinajstić information content (AvgIpc) is 2.80. The minimum absolute atomic E-state index is 0.249. The van der Waals surface area contributed by atoms with Crippen LogP contribution in [0.25, 0.3) is 10.2 Å². The van der Waals surface area contributed by atoms with Gasteiger partial charge in [-0.05, 0) is 36.4 Å². The summed E-state index contributed by atoms with van der Waals surface area (Å²) in [6.45, 7) is 1.73. The van der Waals surface area contributed by atoms with Gasteiger partial charge in [-0.25, -0.2) is 24.1 Å². The van der Waals surface area contributed by atoms with E-state index in [2.05, 4.69) is 15.0 Å². The van der Waals surface area contributed by atoms with Crippen molar-refractivity contribution in [2.45, 2.75) is 17.0 Å². The third kappa shape index (κ3) is 2.59. The molecule has 0 aromatic carbocycles. The third-order valence-corrected chi connectivity index (χ3v) is 4.93. The van der Waals surface area contributed by atoms with Crippen LogP contribution in [0.5, 0.6) is 0 Å². The highest BCUT2D eigenvalue weighted by Crippen LogP contribution is 2.37. The SMILES string of the molecule is Cc1c(C(=O)O)sc2ncnc(Sc3ccc(F)cn3)c12. The van der Waals surface area contributed by atoms with E-state index in [9.17, 15) is 14.3 Å². The highest BCUT2D eigenvalue weighted by molar-refractivity contribution is 7.99. The molecule has 0 saturated heterocycles. The highest BCUT2D eigenvalue weighted by atomic mass is 32.2. The van der Waals surface area contributed by atoms with Crippen LogP contribution in [0.1, 0.15) is 15.2 Å². The number of rotatable bonds is 3. The minimum Gasteiger partial charge on any atom is -0.477 e. The molecule has 0 radical (unpaired) electrons. The van der Waals surface area contributed by atoms with Crippen LogP contribution in [0, 0.1) is 12.7 Å². The average molecular weight is 321 g/mol. The first-order valence-electron chi connectivity index (χ1n) is 5.83. The maximum atomic E-state index is 12.9. The summed E-state index contributed by atoms with van der Waals surface area (Å²) in [7, 11) is 0. The Morgan fingerprint density at radius 1 is 1.33 bits per heavy atom. The van der Waals surface area contributed by atoms with Crippen molar-refractivity contribution < 1.29 is 14.3 Å². The van der Waals surface area contributed by atoms with E-state index >= 15 is 0 Å². The maximum Gasteiger partial charge on any atom is 0.346 e. The smallest absolute Gasteiger partial charge is 0.346 e. The van der Waals surface area contributed by atoms with Gasteiger partial charge in [-0.15, -0.1) is 11.3 Å². The minimum atomic E-state index is -0.980. The zero-order chi connectivity index (χ0) is 15.0. The van der Waals surface area contributed by atoms with Crippen LogP contribution < -0.4 is 0 Å². The summed E-state index contributed by atoms with van der Waals surface area (Å²) in [6, 6.07) is 2.87. The van der Waals surface area contributed by atoms with E-state index in [1.165, 1.54) is 24.2 Å². The van der Waals surface area contributed by atoms with E-state index < -0.39 is 11.8 Å². The molecular formula is C13H8FN3O2S2. The molecule has 3 aromatic heterocycles. The van der Waals surface area contributed by atoms with Crippen molar-refractivity contribution in [3.05, 3.63) is 40.9 Å². The van der Waals surface area contributed by atoms with E-state index in [1.54, 1.807) is 13.0 Å². The van der Waals surface area contributed by atoms with Crippen LogP contribution in [0.3, 0.4) is 0 Å². The molecule has 21 heavy (non-hydrogen) atoms. The van der Waals surface area contributed by atoms with Crippen molar-refractivity contribution in [2.75, 3.05) is 0 Å². The first kappa shape index (κ1) is 13.9. The zero-order valence-electron chi connectivity index (χ0n) is 10.7. The number of hydrogen-bond donors (Lipinski definition) is 1. The van der Waals surface area contributed by atoms with E-state index in [-0.39, 0.29) is 4.88 Å². The summed E-state index contributed by atoms with van der Waals surface area (Å²) in [5, 5.41) is 11.1. The summed E-state index contributed by atoms with van der Waals surface area (Å²) >= 11 is 2.36. The summed E-state index contributed by atoms with van der Waals surface area (Å²) < 4.78 is 12.9. The van der Waals surface area contributed by atoms with Gasteiger partial charge in [0.1, 0.15) is 31.9 Å². The second-order valence-electron chi connectivity index (χ2n) is 4.14. The number of carboxylic acid groups (broad SMARTS) is 1. The number of hydrogen-bond acceptors (Lipinski definition) is 6. The highest BCUT2D eigenvalue weighted by Gasteiger charge is 2.19. The lowest BCUT2D eigenvalue weighted by Gasteiger charge is -2.02. The first-order valence-corrected chi connectivity index (χ1v) is 7.46. The van der Waals surface area contributed by atoms with Gasteiger partial charge >= 0.3 is 5.97 Å². The van der Waals surface area contributed by atoms with Crippen molar-refractivity contribution in [2.24, 2.45) is 0 Å². The summed E-state index contributed by atoms with van der Waals surface area (Å²) in [5.74, 6) is -1.39. The molecule has 8 heteroatoms. The normalized spacial score (nSPS) is 11.0. The van der Waals surface area contributed by atoms with Crippen molar-refractivity contribution in [1.29, 1.82) is 0 Å². The van der Waals surface area contributed by atoms with Gasteiger partial charge in [0, 0.05) is 5.39 Å². The van der Waals surface area contributed by atoms with E-state index in [1.807, 2.05) is 0 Å². The van der Waals surface area contributed by atoms with Gasteiger partial charge in [0.25, 0.3) is 0 Å². The van der Waals surface area contributed by atoms with Crippen LogP contribution in [0.4, 0.5) is 4.39 Å². The fourth-order valence-electron chi connectivity index (χ4n) is 1.84. The molecule has 3 heterocycles. The van der Waals surface area contributed by atoms with Crippen LogP contribution in [-0.4, -0.2) is 26.0 Å². The number of pyridine rings is 1. The molecule has 0 fully saturated rings. The number of aryl methyl sites for hydroxylation is 1. The van der Waals surface area contributed by atoms with Crippen molar-refractivity contribution >= 4 is 39.3 Å². The van der Waals surface area contributed by atoms with Gasteiger partial charge in [-0.1, -0.05) is 0 Å². The lowest BCUT2D eigenvalue weighted by atomic mass is 10.2. The fourth-order valence-corrected chi connectivity index (χ4v) is 3.79. The molecule has 0 unspecified atom stereocenters. The van der Waals surface area contributed by atoms with Gasteiger partial charge in [0.15, 0.2) is 0 Å². The molecule has 3 aromatic rings. The van der Waals surface area contributed by atoms with Gasteiger partial charge in [-0.2, -0.15) is 0 Å². The Labute approximate surface area is 126 Å². The Morgan fingerprint density at radius 3 is 2.81 bits per heavy atom. The van der Waals surface area contributed by atoms with E-state index in [0.717, 1.165) is 17.5 Å². The topological polar surface area (TPSA) is 76.0 Å². The second kappa shape index (κ2) is 5.38. The summed E-state index contributed by atoms with van der Waals surface area (Å²) in [6.07, 6.45) is 2.51. The van der Waals surface area contributed by atoms with Crippen LogP contribution >= 0.6 is 23.1 Å². The van der Waals surface area contributed by atoms with Gasteiger partial charge in [0.05, 0.1) is 6.20 Å². The van der Waals surface area contributed by atoms with Crippen LogP contribution in [0.2, 0.25) is 0 Å². The Morgan fingerprint density at radius 2 is 2.14 bits per heavy atom. The predicted octanol–water partition coefficient (Wildman–Crippen LogP) is 3.38. The molecule has 5 nitrogen and oxygen atoms in total. The second-order valence-corrected chi connectivity index (χ2v) is 6.15. The molecule has 1 N–H and O–H groups in total. The molecule has 0 saturated carbocycles. The largest absolute Gasteiger partial charge is 0.477 e. The van der Waals surface area contributed by atoms with Crippen molar-refractivity contribution in [1.82, 2.24) is 15.0 Å². The Bertz CT molecular complexity index is 833. The number of nitrogens with zero attached hydrogens (tertiary/aromatic N) is 3.